The number of benzene rings is 2. The lowest BCUT2D eigenvalue weighted by atomic mass is 9.64. The fourth-order valence-corrected chi connectivity index (χ4v) is 9.83. The number of amides is 1. The van der Waals surface area contributed by atoms with Gasteiger partial charge in [-0.1, -0.05) is 55.9 Å². The van der Waals surface area contributed by atoms with Gasteiger partial charge in [0.15, 0.2) is 0 Å². The van der Waals surface area contributed by atoms with Gasteiger partial charge in [-0.3, -0.25) is 9.69 Å². The van der Waals surface area contributed by atoms with E-state index in [1.807, 2.05) is 19.1 Å². The summed E-state index contributed by atoms with van der Waals surface area (Å²) in [5.41, 5.74) is 1.86. The number of nitrogens with zero attached hydrogens (tertiary/aromatic N) is 1. The van der Waals surface area contributed by atoms with E-state index in [1.165, 1.54) is 30.4 Å². The van der Waals surface area contributed by atoms with Crippen molar-refractivity contribution >= 4 is 33.2 Å². The Kier molecular flexibility index (Phi) is 11.8. The van der Waals surface area contributed by atoms with Crippen molar-refractivity contribution in [1.82, 2.24) is 9.62 Å². The number of hydrogen-bond donors (Lipinski definition) is 3. The first-order valence-electron chi connectivity index (χ1n) is 18.9. The average Bonchev–Trinajstić information content (AvgIpc) is 3.09. The van der Waals surface area contributed by atoms with Gasteiger partial charge < -0.3 is 15.2 Å². The molecule has 2 fully saturated rings. The zero-order valence-electron chi connectivity index (χ0n) is 30.3. The van der Waals surface area contributed by atoms with Crippen molar-refractivity contribution in [2.75, 3.05) is 38.1 Å². The van der Waals surface area contributed by atoms with Gasteiger partial charge in [0.2, 0.25) is 10.0 Å². The standard InChI is InChI=1S/C41H54ClN3O5S/c1-4-40(19-9-12-31-25-34(42)15-17-35(31)40)28-50-38-18-14-32-26-37(38)43-27-33-13-16-36(33)41(47,21-10-24-45-22-6-5-7-23-45)20-8-11-29(2)30(3)51(48,49)44-39(32)46/h8,14-15,17-18,20,25-26,29-30,33,36,43,47H,4-7,9,11-13,16,19,22-24,27-28H2,1-3H3,(H,44,46)/b20-8+/t29-,30+,33-,36+,40+,41-/m0/s1. The third-order valence-corrected chi connectivity index (χ3v) is 14.3. The monoisotopic (exact) mass is 735 g/mol. The molecule has 6 rings (SSSR count). The molecule has 6 atom stereocenters. The number of aliphatic hydroxyl groups is 1. The highest BCUT2D eigenvalue weighted by atomic mass is 35.5. The van der Waals surface area contributed by atoms with Crippen molar-refractivity contribution in [3.05, 3.63) is 70.3 Å². The molecule has 276 valence electrons. The normalized spacial score (nSPS) is 31.7. The Morgan fingerprint density at radius 3 is 2.63 bits per heavy atom. The highest BCUT2D eigenvalue weighted by Gasteiger charge is 2.44. The fourth-order valence-electron chi connectivity index (χ4n) is 8.35. The maximum absolute atomic E-state index is 13.4. The number of hydrogen-bond acceptors (Lipinski definition) is 7. The van der Waals surface area contributed by atoms with Crippen LogP contribution in [0.1, 0.15) is 100 Å². The lowest BCUT2D eigenvalue weighted by molar-refractivity contribution is -0.000762. The number of allylic oxidation sites excluding steroid dienone is 1. The second-order valence-corrected chi connectivity index (χ2v) is 17.8. The van der Waals surface area contributed by atoms with Gasteiger partial charge in [-0.15, -0.1) is 0 Å². The summed E-state index contributed by atoms with van der Waals surface area (Å²) in [6.45, 7) is 9.35. The maximum atomic E-state index is 13.4. The number of carbonyl (C=O) groups excluding carboxylic acids is 1. The fraction of sp³-hybridized carbons (Fsp3) is 0.585. The largest absolute Gasteiger partial charge is 0.490 e. The van der Waals surface area contributed by atoms with Gasteiger partial charge in [-0.25, -0.2) is 13.1 Å². The van der Waals surface area contributed by atoms with E-state index in [4.69, 9.17) is 16.3 Å². The molecule has 0 unspecified atom stereocenters. The van der Waals surface area contributed by atoms with Crippen LogP contribution < -0.4 is 14.8 Å². The third kappa shape index (κ3) is 8.46. The summed E-state index contributed by atoms with van der Waals surface area (Å²) in [6, 6.07) is 11.2. The van der Waals surface area contributed by atoms with Gasteiger partial charge in [-0.2, -0.15) is 0 Å². The van der Waals surface area contributed by atoms with Crippen LogP contribution in [0.2, 0.25) is 5.02 Å². The molecule has 0 radical (unpaired) electrons. The number of halogens is 1. The van der Waals surface area contributed by atoms with Crippen LogP contribution in [0.4, 0.5) is 5.69 Å². The Morgan fingerprint density at radius 1 is 1.08 bits per heavy atom. The lowest BCUT2D eigenvalue weighted by Gasteiger charge is -2.44. The van der Waals surface area contributed by atoms with E-state index in [2.05, 4.69) is 45.8 Å². The van der Waals surface area contributed by atoms with Crippen molar-refractivity contribution in [3.63, 3.8) is 0 Å². The molecular formula is C41H54ClN3O5S. The maximum Gasteiger partial charge on any atom is 0.264 e. The Hall–Kier alpha value is -3.03. The quantitative estimate of drug-likeness (QED) is 0.222. The third-order valence-electron chi connectivity index (χ3n) is 12.1. The topological polar surface area (TPSA) is 108 Å². The molecule has 2 bridgehead atoms. The molecule has 10 heteroatoms. The van der Waals surface area contributed by atoms with Crippen LogP contribution in [0, 0.1) is 29.6 Å². The van der Waals surface area contributed by atoms with Crippen LogP contribution in [0.5, 0.6) is 5.75 Å². The summed E-state index contributed by atoms with van der Waals surface area (Å²) in [5.74, 6) is 6.23. The number of fused-ring (bicyclic) bond motifs is 4. The molecule has 51 heavy (non-hydrogen) atoms. The Balaban J connectivity index is 1.30. The SMILES string of the molecule is CC[C@]1(COc2ccc3cc2NC[C@@H]2CC[C@H]2[C@@](O)(C#CCN2CCCCC2)/C=C/C[C@H](C)[C@@H](C)S(=O)(=O)NC3=O)CCCc2cc(Cl)ccc21. The molecule has 2 aromatic carbocycles. The molecule has 0 aromatic heterocycles. The predicted octanol–water partition coefficient (Wildman–Crippen LogP) is 7.11. The molecule has 1 amide bonds. The zero-order valence-corrected chi connectivity index (χ0v) is 31.9. The lowest BCUT2D eigenvalue weighted by Crippen LogP contribution is -2.47. The first kappa shape index (κ1) is 37.7. The van der Waals surface area contributed by atoms with Crippen LogP contribution in [0.15, 0.2) is 48.6 Å². The number of sulfonamides is 1. The van der Waals surface area contributed by atoms with E-state index >= 15 is 0 Å². The number of rotatable bonds is 5. The molecule has 2 aliphatic heterocycles. The number of aryl methyl sites for hydroxylation is 1. The van der Waals surface area contributed by atoms with E-state index in [-0.39, 0.29) is 28.7 Å². The van der Waals surface area contributed by atoms with Gasteiger partial charge in [0.1, 0.15) is 11.4 Å². The molecule has 2 aliphatic carbocycles. The summed E-state index contributed by atoms with van der Waals surface area (Å²) >= 11 is 6.37. The molecule has 2 heterocycles. The van der Waals surface area contributed by atoms with Crippen LogP contribution in [-0.2, 0) is 21.9 Å². The van der Waals surface area contributed by atoms with E-state index in [0.29, 0.717) is 37.6 Å². The van der Waals surface area contributed by atoms with Crippen LogP contribution in [-0.4, -0.2) is 68.0 Å². The minimum absolute atomic E-state index is 0.0933. The minimum Gasteiger partial charge on any atom is -0.490 e. The molecule has 2 aromatic rings. The summed E-state index contributed by atoms with van der Waals surface area (Å²) < 4.78 is 35.7. The zero-order chi connectivity index (χ0) is 36.2. The van der Waals surface area contributed by atoms with E-state index in [1.54, 1.807) is 31.2 Å². The smallest absolute Gasteiger partial charge is 0.264 e. The second kappa shape index (κ2) is 15.9. The number of nitrogens with one attached hydrogen (secondary N) is 2. The van der Waals surface area contributed by atoms with Gasteiger partial charge in [0.05, 0.1) is 24.1 Å². The van der Waals surface area contributed by atoms with Crippen LogP contribution in [0.3, 0.4) is 0 Å². The van der Waals surface area contributed by atoms with Gasteiger partial charge in [0.25, 0.3) is 5.91 Å². The molecule has 1 saturated heterocycles. The summed E-state index contributed by atoms with van der Waals surface area (Å²) in [7, 11) is -3.99. The highest BCUT2D eigenvalue weighted by molar-refractivity contribution is 7.90. The summed E-state index contributed by atoms with van der Waals surface area (Å²) in [5, 5.41) is 15.6. The summed E-state index contributed by atoms with van der Waals surface area (Å²) in [6.07, 6.45) is 13.4. The first-order chi connectivity index (χ1) is 24.4. The van der Waals surface area contributed by atoms with Crippen molar-refractivity contribution < 1.29 is 23.1 Å². The van der Waals surface area contributed by atoms with Gasteiger partial charge >= 0.3 is 0 Å². The van der Waals surface area contributed by atoms with Crippen LogP contribution in [0.25, 0.3) is 0 Å². The Labute approximate surface area is 309 Å². The first-order valence-corrected chi connectivity index (χ1v) is 20.8. The highest BCUT2D eigenvalue weighted by Crippen LogP contribution is 2.44. The Morgan fingerprint density at radius 2 is 1.88 bits per heavy atom. The molecule has 1 saturated carbocycles. The molecule has 3 N–H and O–H groups in total. The number of piperidine rings is 1. The van der Waals surface area contributed by atoms with E-state index in [0.717, 1.165) is 56.6 Å². The number of carbonyl (C=O) groups is 1. The predicted molar refractivity (Wildman–Crippen MR) is 205 cm³/mol. The minimum atomic E-state index is -3.99. The number of likely N-dealkylation sites (tertiary alicyclic amines) is 1. The van der Waals surface area contributed by atoms with E-state index < -0.39 is 26.8 Å². The second-order valence-electron chi connectivity index (χ2n) is 15.4. The van der Waals surface area contributed by atoms with E-state index in [9.17, 15) is 18.3 Å². The molecular weight excluding hydrogens is 682 g/mol. The number of ether oxygens (including phenoxy) is 1. The van der Waals surface area contributed by atoms with Crippen molar-refractivity contribution in [2.45, 2.75) is 101 Å². The molecule has 0 spiro atoms. The average molecular weight is 736 g/mol. The van der Waals surface area contributed by atoms with Crippen molar-refractivity contribution in [2.24, 2.45) is 17.8 Å². The van der Waals surface area contributed by atoms with Gasteiger partial charge in [0, 0.05) is 28.5 Å². The van der Waals surface area contributed by atoms with Gasteiger partial charge in [-0.05, 0) is 137 Å². The Bertz CT molecular complexity index is 1780. The number of anilines is 1. The molecule has 4 aliphatic rings. The van der Waals surface area contributed by atoms with Crippen molar-refractivity contribution in [3.8, 4) is 17.6 Å². The van der Waals surface area contributed by atoms with Crippen molar-refractivity contribution in [1.29, 1.82) is 0 Å². The molecule has 8 nitrogen and oxygen atoms in total. The van der Waals surface area contributed by atoms with Crippen LogP contribution >= 0.6 is 11.6 Å². The summed E-state index contributed by atoms with van der Waals surface area (Å²) in [4.78, 5) is 15.8.